The van der Waals surface area contributed by atoms with Gasteiger partial charge < -0.3 is 5.32 Å². The lowest BCUT2D eigenvalue weighted by Crippen LogP contribution is -2.49. The minimum Gasteiger partial charge on any atom is -0.333 e. The number of imide groups is 1. The van der Waals surface area contributed by atoms with Crippen LogP contribution in [0.2, 0.25) is 0 Å². The highest BCUT2D eigenvalue weighted by atomic mass is 32.2. The molecule has 1 aromatic heterocycles. The van der Waals surface area contributed by atoms with Crippen LogP contribution in [0.15, 0.2) is 52.4 Å². The molecule has 3 amide bonds. The lowest BCUT2D eigenvalue weighted by atomic mass is 10.1. The first-order valence-electron chi connectivity index (χ1n) is 10.0. The molecule has 0 radical (unpaired) electrons. The molecule has 0 spiro atoms. The third-order valence-corrected chi connectivity index (χ3v) is 5.59. The first kappa shape index (κ1) is 23.5. The van der Waals surface area contributed by atoms with Crippen LogP contribution < -0.4 is 16.2 Å². The quantitative estimate of drug-likeness (QED) is 0.458. The van der Waals surface area contributed by atoms with E-state index in [1.807, 2.05) is 0 Å². The van der Waals surface area contributed by atoms with E-state index in [9.17, 15) is 18.8 Å². The van der Waals surface area contributed by atoms with Gasteiger partial charge in [-0.1, -0.05) is 30.0 Å². The number of benzene rings is 2. The summed E-state index contributed by atoms with van der Waals surface area (Å²) in [5, 5.41) is 4.80. The van der Waals surface area contributed by atoms with Crippen molar-refractivity contribution in [2.24, 2.45) is 0 Å². The molecular weight excluding hydrogens is 431 g/mol. The van der Waals surface area contributed by atoms with Gasteiger partial charge in [-0.25, -0.2) is 14.2 Å². The first-order chi connectivity index (χ1) is 15.0. The van der Waals surface area contributed by atoms with Crippen molar-refractivity contribution in [1.82, 2.24) is 20.2 Å². The van der Waals surface area contributed by atoms with Gasteiger partial charge in [0.05, 0.1) is 21.8 Å². The zero-order valence-electron chi connectivity index (χ0n) is 18.5. The van der Waals surface area contributed by atoms with Gasteiger partial charge in [-0.3, -0.25) is 19.5 Å². The maximum absolute atomic E-state index is 14.3. The Balaban J connectivity index is 2.00. The van der Waals surface area contributed by atoms with Gasteiger partial charge in [0.1, 0.15) is 5.82 Å². The zero-order chi connectivity index (χ0) is 23.6. The number of nitrogens with one attached hydrogen (secondary N) is 2. The van der Waals surface area contributed by atoms with Crippen molar-refractivity contribution in [2.75, 3.05) is 0 Å². The summed E-state index contributed by atoms with van der Waals surface area (Å²) in [4.78, 5) is 42.4. The summed E-state index contributed by atoms with van der Waals surface area (Å²) in [6.07, 6.45) is 0. The third kappa shape index (κ3) is 5.34. The number of aromatic nitrogens is 2. The molecule has 0 saturated heterocycles. The van der Waals surface area contributed by atoms with Gasteiger partial charge >= 0.3 is 6.03 Å². The Bertz CT molecular complexity index is 1250. The van der Waals surface area contributed by atoms with Crippen LogP contribution in [-0.2, 0) is 4.79 Å². The summed E-state index contributed by atoms with van der Waals surface area (Å²) in [7, 11) is 0. The lowest BCUT2D eigenvalue weighted by Gasteiger charge is -2.21. The number of fused-ring (bicyclic) bond motifs is 1. The van der Waals surface area contributed by atoms with Crippen LogP contribution in [0.25, 0.3) is 16.6 Å². The van der Waals surface area contributed by atoms with Gasteiger partial charge in [-0.05, 0) is 64.4 Å². The second kappa shape index (κ2) is 9.12. The molecule has 1 atom stereocenters. The third-order valence-electron chi connectivity index (χ3n) is 4.54. The molecule has 2 N–H and O–H groups in total. The molecule has 9 heteroatoms. The average molecular weight is 457 g/mol. The van der Waals surface area contributed by atoms with E-state index in [0.717, 1.165) is 11.8 Å². The number of carbonyl (C=O) groups excluding carboxylic acids is 2. The van der Waals surface area contributed by atoms with Crippen molar-refractivity contribution in [2.45, 2.75) is 50.6 Å². The number of hydrogen-bond donors (Lipinski definition) is 2. The molecule has 0 aliphatic rings. The van der Waals surface area contributed by atoms with E-state index >= 15 is 0 Å². The smallest absolute Gasteiger partial charge is 0.321 e. The molecule has 0 fully saturated rings. The van der Waals surface area contributed by atoms with E-state index in [4.69, 9.17) is 0 Å². The molecule has 0 aliphatic carbocycles. The Kier molecular flexibility index (Phi) is 6.68. The second-order valence-electron chi connectivity index (χ2n) is 8.44. The highest BCUT2D eigenvalue weighted by Gasteiger charge is 2.23. The van der Waals surface area contributed by atoms with Crippen LogP contribution in [0.4, 0.5) is 9.18 Å². The van der Waals surface area contributed by atoms with Crippen molar-refractivity contribution < 1.29 is 14.0 Å². The predicted octanol–water partition coefficient (Wildman–Crippen LogP) is 3.94. The van der Waals surface area contributed by atoms with Crippen LogP contribution in [0.3, 0.4) is 0 Å². The number of amides is 3. The van der Waals surface area contributed by atoms with E-state index in [0.29, 0.717) is 22.2 Å². The first-order valence-corrected chi connectivity index (χ1v) is 10.9. The number of halogens is 1. The van der Waals surface area contributed by atoms with Crippen molar-refractivity contribution in [3.8, 4) is 5.69 Å². The largest absolute Gasteiger partial charge is 0.333 e. The number of nitrogens with zero attached hydrogens (tertiary/aromatic N) is 2. The Morgan fingerprint density at radius 1 is 1.16 bits per heavy atom. The van der Waals surface area contributed by atoms with E-state index in [2.05, 4.69) is 15.6 Å². The van der Waals surface area contributed by atoms with Crippen LogP contribution in [0.1, 0.15) is 33.3 Å². The lowest BCUT2D eigenvalue weighted by molar-refractivity contribution is -0.119. The molecule has 1 unspecified atom stereocenters. The molecule has 1 heterocycles. The van der Waals surface area contributed by atoms with Crippen molar-refractivity contribution in [3.63, 3.8) is 0 Å². The number of carbonyl (C=O) groups is 2. The fourth-order valence-electron chi connectivity index (χ4n) is 2.94. The summed E-state index contributed by atoms with van der Waals surface area (Å²) in [6, 6.07) is 10.7. The van der Waals surface area contributed by atoms with Gasteiger partial charge in [0.15, 0.2) is 5.16 Å². The number of thioether (sulfide) groups is 1. The highest BCUT2D eigenvalue weighted by molar-refractivity contribution is 8.00. The Morgan fingerprint density at radius 2 is 1.84 bits per heavy atom. The van der Waals surface area contributed by atoms with E-state index in [1.54, 1.807) is 71.0 Å². The Morgan fingerprint density at radius 3 is 2.50 bits per heavy atom. The molecule has 3 aromatic rings. The molecule has 7 nitrogen and oxygen atoms in total. The van der Waals surface area contributed by atoms with Crippen molar-refractivity contribution in [1.29, 1.82) is 0 Å². The molecule has 32 heavy (non-hydrogen) atoms. The van der Waals surface area contributed by atoms with Gasteiger partial charge in [-0.2, -0.15) is 0 Å². The second-order valence-corrected chi connectivity index (χ2v) is 9.75. The molecule has 0 saturated carbocycles. The summed E-state index contributed by atoms with van der Waals surface area (Å²) < 4.78 is 15.5. The van der Waals surface area contributed by atoms with Crippen LogP contribution in [-0.4, -0.2) is 32.3 Å². The fourth-order valence-corrected chi connectivity index (χ4v) is 3.86. The summed E-state index contributed by atoms with van der Waals surface area (Å²) in [5.74, 6) is -0.996. The maximum atomic E-state index is 14.3. The average Bonchev–Trinajstić information content (AvgIpc) is 2.69. The van der Waals surface area contributed by atoms with Crippen LogP contribution in [0, 0.1) is 12.7 Å². The highest BCUT2D eigenvalue weighted by Crippen LogP contribution is 2.26. The number of rotatable bonds is 4. The normalized spacial score (nSPS) is 12.4. The molecule has 3 rings (SSSR count). The standard InChI is InChI=1S/C23H25FN4O3S/c1-13-10-11-15(12-17(13)24)28-20(30)16-8-6-7-9-18(16)25-22(28)32-14(2)19(29)26-21(31)27-23(3,4)5/h6-12,14H,1-5H3,(H2,26,27,29,31). The Labute approximate surface area is 189 Å². The monoisotopic (exact) mass is 456 g/mol. The van der Waals surface area contributed by atoms with Gasteiger partial charge in [0, 0.05) is 5.54 Å². The van der Waals surface area contributed by atoms with E-state index in [-0.39, 0.29) is 10.7 Å². The minimum absolute atomic E-state index is 0.218. The van der Waals surface area contributed by atoms with Crippen LogP contribution >= 0.6 is 11.8 Å². The minimum atomic E-state index is -0.754. The van der Waals surface area contributed by atoms with Gasteiger partial charge in [0.2, 0.25) is 5.91 Å². The molecule has 0 bridgehead atoms. The molecule has 0 aliphatic heterocycles. The van der Waals surface area contributed by atoms with Crippen molar-refractivity contribution in [3.05, 3.63) is 64.2 Å². The number of para-hydroxylation sites is 1. The van der Waals surface area contributed by atoms with E-state index < -0.39 is 28.5 Å². The number of urea groups is 1. The van der Waals surface area contributed by atoms with Gasteiger partial charge in [0.25, 0.3) is 5.56 Å². The van der Waals surface area contributed by atoms with Gasteiger partial charge in [-0.15, -0.1) is 0 Å². The van der Waals surface area contributed by atoms with E-state index in [1.165, 1.54) is 10.6 Å². The number of aryl methyl sites for hydroxylation is 1. The predicted molar refractivity (Wildman–Crippen MR) is 124 cm³/mol. The van der Waals surface area contributed by atoms with Crippen molar-refractivity contribution >= 4 is 34.6 Å². The number of hydrogen-bond acceptors (Lipinski definition) is 5. The van der Waals surface area contributed by atoms with Crippen LogP contribution in [0.5, 0.6) is 0 Å². The summed E-state index contributed by atoms with van der Waals surface area (Å²) in [5.41, 5.74) is 0.331. The maximum Gasteiger partial charge on any atom is 0.321 e. The fraction of sp³-hybridized carbons (Fsp3) is 0.304. The topological polar surface area (TPSA) is 93.1 Å². The summed E-state index contributed by atoms with van der Waals surface area (Å²) in [6.45, 7) is 8.63. The Hall–Kier alpha value is -3.20. The molecule has 2 aromatic carbocycles. The summed E-state index contributed by atoms with van der Waals surface area (Å²) >= 11 is 1.01. The molecule has 168 valence electrons. The zero-order valence-corrected chi connectivity index (χ0v) is 19.3. The SMILES string of the molecule is Cc1ccc(-n2c(SC(C)C(=O)NC(=O)NC(C)(C)C)nc3ccccc3c2=O)cc1F. The molecular formula is C23H25FN4O3S.